The Labute approximate surface area is 129 Å². The van der Waals surface area contributed by atoms with Crippen molar-refractivity contribution in [3.8, 4) is 11.4 Å². The molecule has 0 atom stereocenters. The Kier molecular flexibility index (Phi) is 3.93. The fourth-order valence-electron chi connectivity index (χ4n) is 1.84. The normalized spacial score (nSPS) is 10.5. The van der Waals surface area contributed by atoms with E-state index in [9.17, 15) is 8.78 Å². The zero-order chi connectivity index (χ0) is 15.5. The molecule has 7 heteroatoms. The second-order valence-electron chi connectivity index (χ2n) is 4.39. The molecular weight excluding hydrogens is 310 g/mol. The molecule has 0 spiro atoms. The monoisotopic (exact) mass is 318 g/mol. The zero-order valence-corrected chi connectivity index (χ0v) is 11.9. The van der Waals surface area contributed by atoms with Gasteiger partial charge in [0.15, 0.2) is 5.82 Å². The lowest BCUT2D eigenvalue weighted by Crippen LogP contribution is -2.00. The summed E-state index contributed by atoms with van der Waals surface area (Å²) in [7, 11) is 0. The van der Waals surface area contributed by atoms with Gasteiger partial charge in [0, 0.05) is 30.1 Å². The zero-order valence-electron chi connectivity index (χ0n) is 11.1. The van der Waals surface area contributed by atoms with Crippen LogP contribution in [0.15, 0.2) is 48.8 Å². The quantitative estimate of drug-likeness (QED) is 0.735. The number of benzene rings is 1. The number of pyridine rings is 1. The third-order valence-corrected chi connectivity index (χ3v) is 3.00. The van der Waals surface area contributed by atoms with Crippen molar-refractivity contribution in [2.24, 2.45) is 0 Å². The van der Waals surface area contributed by atoms with E-state index in [0.29, 0.717) is 11.4 Å². The van der Waals surface area contributed by atoms with Crippen molar-refractivity contribution in [3.63, 3.8) is 0 Å². The number of nitrogens with one attached hydrogen (secondary N) is 1. The third kappa shape index (κ3) is 3.17. The van der Waals surface area contributed by atoms with Crippen molar-refractivity contribution in [3.05, 3.63) is 65.6 Å². The van der Waals surface area contributed by atoms with Crippen LogP contribution in [0.1, 0.15) is 0 Å². The van der Waals surface area contributed by atoms with Crippen LogP contribution >= 0.6 is 11.6 Å². The highest BCUT2D eigenvalue weighted by molar-refractivity contribution is 6.29. The highest BCUT2D eigenvalue weighted by Crippen LogP contribution is 2.24. The summed E-state index contributed by atoms with van der Waals surface area (Å²) >= 11 is 5.96. The van der Waals surface area contributed by atoms with Crippen molar-refractivity contribution in [1.82, 2.24) is 15.0 Å². The summed E-state index contributed by atoms with van der Waals surface area (Å²) in [5.41, 5.74) is 0.625. The molecule has 0 radical (unpaired) electrons. The number of hydrogen-bond acceptors (Lipinski definition) is 4. The second-order valence-corrected chi connectivity index (χ2v) is 4.78. The topological polar surface area (TPSA) is 50.7 Å². The van der Waals surface area contributed by atoms with Gasteiger partial charge in [0.25, 0.3) is 0 Å². The van der Waals surface area contributed by atoms with Gasteiger partial charge < -0.3 is 5.32 Å². The molecule has 0 unspecified atom stereocenters. The molecule has 0 aliphatic rings. The van der Waals surface area contributed by atoms with Gasteiger partial charge in [-0.25, -0.2) is 18.7 Å². The van der Waals surface area contributed by atoms with Gasteiger partial charge in [-0.1, -0.05) is 11.6 Å². The summed E-state index contributed by atoms with van der Waals surface area (Å²) in [6, 6.07) is 8.03. The maximum Gasteiger partial charge on any atom is 0.164 e. The largest absolute Gasteiger partial charge is 0.338 e. The minimum Gasteiger partial charge on any atom is -0.338 e. The van der Waals surface area contributed by atoms with Gasteiger partial charge in [-0.3, -0.25) is 4.98 Å². The molecule has 1 aromatic carbocycles. The molecule has 3 rings (SSSR count). The van der Waals surface area contributed by atoms with E-state index >= 15 is 0 Å². The smallest absolute Gasteiger partial charge is 0.164 e. The molecule has 0 aliphatic carbocycles. The molecule has 110 valence electrons. The Morgan fingerprint density at radius 2 is 1.91 bits per heavy atom. The summed E-state index contributed by atoms with van der Waals surface area (Å²) < 4.78 is 26.9. The lowest BCUT2D eigenvalue weighted by atomic mass is 10.2. The van der Waals surface area contributed by atoms with Crippen LogP contribution in [0, 0.1) is 11.6 Å². The SMILES string of the molecule is Fc1ccc(F)c(Nc2cc(Cl)nc(-c3cccnc3)n2)c1. The average Bonchev–Trinajstić information content (AvgIpc) is 2.51. The van der Waals surface area contributed by atoms with Crippen LogP contribution in [0.2, 0.25) is 5.15 Å². The summed E-state index contributed by atoms with van der Waals surface area (Å²) in [5, 5.41) is 2.87. The van der Waals surface area contributed by atoms with E-state index in [1.807, 2.05) is 0 Å². The molecule has 3 aromatic rings. The van der Waals surface area contributed by atoms with Crippen LogP contribution < -0.4 is 5.32 Å². The van der Waals surface area contributed by atoms with Crippen LogP contribution in [0.5, 0.6) is 0 Å². The van der Waals surface area contributed by atoms with E-state index in [1.54, 1.807) is 24.5 Å². The predicted octanol–water partition coefficient (Wildman–Crippen LogP) is 4.21. The molecule has 22 heavy (non-hydrogen) atoms. The second kappa shape index (κ2) is 6.03. The van der Waals surface area contributed by atoms with Crippen molar-refractivity contribution < 1.29 is 8.78 Å². The van der Waals surface area contributed by atoms with Gasteiger partial charge in [0.05, 0.1) is 5.69 Å². The van der Waals surface area contributed by atoms with E-state index in [2.05, 4.69) is 20.3 Å². The molecule has 1 N–H and O–H groups in total. The van der Waals surface area contributed by atoms with Gasteiger partial charge in [0.2, 0.25) is 0 Å². The first-order chi connectivity index (χ1) is 10.6. The van der Waals surface area contributed by atoms with Crippen LogP contribution in [0.4, 0.5) is 20.3 Å². The molecule has 0 amide bonds. The van der Waals surface area contributed by atoms with E-state index < -0.39 is 11.6 Å². The van der Waals surface area contributed by atoms with E-state index in [0.717, 1.165) is 18.2 Å². The number of hydrogen-bond donors (Lipinski definition) is 1. The van der Waals surface area contributed by atoms with Crippen molar-refractivity contribution in [2.45, 2.75) is 0 Å². The lowest BCUT2D eigenvalue weighted by Gasteiger charge is -2.09. The fraction of sp³-hybridized carbons (Fsp3) is 0. The summed E-state index contributed by atoms with van der Waals surface area (Å²) in [6.07, 6.45) is 3.20. The van der Waals surface area contributed by atoms with Crippen LogP contribution in [-0.4, -0.2) is 15.0 Å². The minimum absolute atomic E-state index is 0.0353. The van der Waals surface area contributed by atoms with Crippen molar-refractivity contribution in [2.75, 3.05) is 5.32 Å². The summed E-state index contributed by atoms with van der Waals surface area (Å²) in [5.74, 6) is -0.570. The maximum absolute atomic E-state index is 13.7. The van der Waals surface area contributed by atoms with E-state index in [1.165, 1.54) is 6.07 Å². The maximum atomic E-state index is 13.7. The number of halogens is 3. The Morgan fingerprint density at radius 1 is 1.05 bits per heavy atom. The highest BCUT2D eigenvalue weighted by atomic mass is 35.5. The molecule has 0 fully saturated rings. The third-order valence-electron chi connectivity index (χ3n) is 2.81. The first-order valence-electron chi connectivity index (χ1n) is 6.29. The Bertz CT molecular complexity index is 812. The average molecular weight is 319 g/mol. The fourth-order valence-corrected chi connectivity index (χ4v) is 2.02. The first-order valence-corrected chi connectivity index (χ1v) is 6.67. The van der Waals surface area contributed by atoms with Crippen molar-refractivity contribution in [1.29, 1.82) is 0 Å². The number of aromatic nitrogens is 3. The van der Waals surface area contributed by atoms with E-state index in [-0.39, 0.29) is 16.7 Å². The summed E-state index contributed by atoms with van der Waals surface area (Å²) in [4.78, 5) is 12.3. The lowest BCUT2D eigenvalue weighted by molar-refractivity contribution is 0.603. The molecule has 0 saturated heterocycles. The van der Waals surface area contributed by atoms with Gasteiger partial charge in [-0.05, 0) is 24.3 Å². The highest BCUT2D eigenvalue weighted by Gasteiger charge is 2.09. The summed E-state index contributed by atoms with van der Waals surface area (Å²) in [6.45, 7) is 0. The standard InChI is InChI=1S/C15H9ClF2N4/c16-13-7-14(20-12-6-10(17)3-4-11(12)18)22-15(21-13)9-2-1-5-19-8-9/h1-8H,(H,20,21,22). The Hall–Kier alpha value is -2.60. The molecule has 2 heterocycles. The minimum atomic E-state index is -0.598. The molecule has 4 nitrogen and oxygen atoms in total. The molecule has 0 aliphatic heterocycles. The molecule has 0 saturated carbocycles. The van der Waals surface area contributed by atoms with E-state index in [4.69, 9.17) is 11.6 Å². The molecule has 0 bridgehead atoms. The van der Waals surface area contributed by atoms with Gasteiger partial charge in [-0.2, -0.15) is 0 Å². The number of anilines is 2. The van der Waals surface area contributed by atoms with Crippen LogP contribution in [0.3, 0.4) is 0 Å². The van der Waals surface area contributed by atoms with Gasteiger partial charge in [-0.15, -0.1) is 0 Å². The molecular formula is C15H9ClF2N4. The number of nitrogens with zero attached hydrogens (tertiary/aromatic N) is 3. The van der Waals surface area contributed by atoms with Crippen LogP contribution in [-0.2, 0) is 0 Å². The van der Waals surface area contributed by atoms with Gasteiger partial charge >= 0.3 is 0 Å². The Morgan fingerprint density at radius 3 is 2.68 bits per heavy atom. The van der Waals surface area contributed by atoms with Gasteiger partial charge in [0.1, 0.15) is 22.6 Å². The predicted molar refractivity (Wildman–Crippen MR) is 79.9 cm³/mol. The van der Waals surface area contributed by atoms with Crippen molar-refractivity contribution >= 4 is 23.1 Å². The van der Waals surface area contributed by atoms with Crippen LogP contribution in [0.25, 0.3) is 11.4 Å². The first kappa shape index (κ1) is 14.3. The Balaban J connectivity index is 1.98. The molecule has 2 aromatic heterocycles. The number of rotatable bonds is 3.